The quantitative estimate of drug-likeness (QED) is 0.725. The summed E-state index contributed by atoms with van der Waals surface area (Å²) >= 11 is 12.1. The van der Waals surface area contributed by atoms with Crippen molar-refractivity contribution in [2.75, 3.05) is 24.5 Å². The molecule has 28 heavy (non-hydrogen) atoms. The van der Waals surface area contributed by atoms with Crippen molar-refractivity contribution in [2.45, 2.75) is 25.4 Å². The monoisotopic (exact) mass is 418 g/mol. The first-order valence-electron chi connectivity index (χ1n) is 9.36. The standard InChI is InChI=1S/C21H20Cl2N2O3/c22-15-9-8-14(12-16(15)23)20(26)25-13-19(21(27)24-10-4-1-5-11-24)28-18-7-3-2-6-17(18)25/h2-3,6-9,12,19H,1,4-5,10-11,13H2/t19-/m1/s1. The summed E-state index contributed by atoms with van der Waals surface area (Å²) in [4.78, 5) is 29.6. The van der Waals surface area contributed by atoms with Crippen molar-refractivity contribution in [3.8, 4) is 5.75 Å². The second-order valence-corrected chi connectivity index (χ2v) is 7.82. The molecule has 2 aromatic carbocycles. The van der Waals surface area contributed by atoms with Crippen LogP contribution >= 0.6 is 23.2 Å². The second-order valence-electron chi connectivity index (χ2n) is 7.00. The molecule has 0 N–H and O–H groups in total. The average Bonchev–Trinajstić information content (AvgIpc) is 2.74. The number of fused-ring (bicyclic) bond motifs is 1. The predicted molar refractivity (Wildman–Crippen MR) is 109 cm³/mol. The number of piperidine rings is 1. The Kier molecular flexibility index (Phi) is 5.47. The molecular weight excluding hydrogens is 399 g/mol. The van der Waals surface area contributed by atoms with Crippen LogP contribution < -0.4 is 9.64 Å². The highest BCUT2D eigenvalue weighted by molar-refractivity contribution is 6.42. The highest BCUT2D eigenvalue weighted by Gasteiger charge is 2.36. The number of para-hydroxylation sites is 2. The van der Waals surface area contributed by atoms with Crippen LogP contribution in [0.15, 0.2) is 42.5 Å². The molecule has 0 aliphatic carbocycles. The van der Waals surface area contributed by atoms with Crippen LogP contribution in [0.4, 0.5) is 5.69 Å². The van der Waals surface area contributed by atoms with Gasteiger partial charge in [-0.15, -0.1) is 0 Å². The van der Waals surface area contributed by atoms with Crippen LogP contribution in [0.25, 0.3) is 0 Å². The van der Waals surface area contributed by atoms with Gasteiger partial charge < -0.3 is 14.5 Å². The fourth-order valence-electron chi connectivity index (χ4n) is 3.66. The van der Waals surface area contributed by atoms with Gasteiger partial charge in [0.05, 0.1) is 22.3 Å². The molecule has 5 nitrogen and oxygen atoms in total. The molecule has 0 unspecified atom stereocenters. The fraction of sp³-hybridized carbons (Fsp3) is 0.333. The third kappa shape index (κ3) is 3.69. The van der Waals surface area contributed by atoms with Gasteiger partial charge >= 0.3 is 0 Å². The topological polar surface area (TPSA) is 49.9 Å². The Hall–Kier alpha value is -2.24. The molecule has 0 aromatic heterocycles. The molecule has 2 aromatic rings. The zero-order valence-corrected chi connectivity index (χ0v) is 16.7. The van der Waals surface area contributed by atoms with Gasteiger partial charge in [-0.1, -0.05) is 35.3 Å². The number of amides is 2. The van der Waals surface area contributed by atoms with Gasteiger partial charge in [-0.25, -0.2) is 0 Å². The number of anilines is 1. The number of hydrogen-bond donors (Lipinski definition) is 0. The lowest BCUT2D eigenvalue weighted by Gasteiger charge is -2.37. The molecule has 146 valence electrons. The van der Waals surface area contributed by atoms with Gasteiger partial charge in [0.15, 0.2) is 6.10 Å². The molecule has 1 atom stereocenters. The van der Waals surface area contributed by atoms with Crippen molar-refractivity contribution < 1.29 is 14.3 Å². The van der Waals surface area contributed by atoms with Crippen molar-refractivity contribution in [3.05, 3.63) is 58.1 Å². The molecule has 2 amide bonds. The Balaban J connectivity index is 1.64. The first-order chi connectivity index (χ1) is 13.5. The molecule has 2 heterocycles. The number of nitrogens with zero attached hydrogens (tertiary/aromatic N) is 2. The van der Waals surface area contributed by atoms with Gasteiger partial charge in [0, 0.05) is 18.7 Å². The molecule has 7 heteroatoms. The van der Waals surface area contributed by atoms with Crippen LogP contribution in [-0.4, -0.2) is 42.5 Å². The van der Waals surface area contributed by atoms with Crippen molar-refractivity contribution in [1.29, 1.82) is 0 Å². The highest BCUT2D eigenvalue weighted by Crippen LogP contribution is 2.35. The van der Waals surface area contributed by atoms with Crippen LogP contribution in [0.2, 0.25) is 10.0 Å². The maximum absolute atomic E-state index is 13.2. The minimum absolute atomic E-state index is 0.0684. The van der Waals surface area contributed by atoms with E-state index in [1.807, 2.05) is 23.1 Å². The molecule has 0 spiro atoms. The minimum Gasteiger partial charge on any atom is -0.476 e. The average molecular weight is 419 g/mol. The number of carbonyl (C=O) groups is 2. The third-order valence-corrected chi connectivity index (χ3v) is 5.87. The first kappa shape index (κ1) is 19.1. The maximum Gasteiger partial charge on any atom is 0.265 e. The maximum atomic E-state index is 13.2. The molecule has 0 radical (unpaired) electrons. The van der Waals surface area contributed by atoms with Crippen molar-refractivity contribution >= 4 is 40.7 Å². The van der Waals surface area contributed by atoms with Gasteiger partial charge in [-0.3, -0.25) is 9.59 Å². The highest BCUT2D eigenvalue weighted by atomic mass is 35.5. The van der Waals surface area contributed by atoms with E-state index in [0.717, 1.165) is 32.4 Å². The second kappa shape index (κ2) is 8.02. The minimum atomic E-state index is -0.722. The molecule has 0 bridgehead atoms. The summed E-state index contributed by atoms with van der Waals surface area (Å²) < 4.78 is 5.97. The molecule has 4 rings (SSSR count). The first-order valence-corrected chi connectivity index (χ1v) is 10.1. The summed E-state index contributed by atoms with van der Waals surface area (Å²) in [6.45, 7) is 1.63. The lowest BCUT2D eigenvalue weighted by molar-refractivity contribution is -0.139. The predicted octanol–water partition coefficient (Wildman–Crippen LogP) is 4.41. The van der Waals surface area contributed by atoms with Crippen LogP contribution in [0.3, 0.4) is 0 Å². The van der Waals surface area contributed by atoms with Crippen LogP contribution in [0, 0.1) is 0 Å². The number of rotatable bonds is 2. The molecule has 2 aliphatic heterocycles. The van der Waals surface area contributed by atoms with Gasteiger partial charge in [-0.2, -0.15) is 0 Å². The van der Waals surface area contributed by atoms with E-state index in [4.69, 9.17) is 27.9 Å². The summed E-state index contributed by atoms with van der Waals surface area (Å²) in [5, 5.41) is 0.703. The van der Waals surface area contributed by atoms with Crippen LogP contribution in [-0.2, 0) is 4.79 Å². The van der Waals surface area contributed by atoms with E-state index in [2.05, 4.69) is 0 Å². The number of benzene rings is 2. The molecule has 2 aliphatic rings. The third-order valence-electron chi connectivity index (χ3n) is 5.13. The van der Waals surface area contributed by atoms with Crippen molar-refractivity contribution in [3.63, 3.8) is 0 Å². The smallest absolute Gasteiger partial charge is 0.265 e. The van der Waals surface area contributed by atoms with E-state index in [1.54, 1.807) is 29.2 Å². The number of carbonyl (C=O) groups excluding carboxylic acids is 2. The van der Waals surface area contributed by atoms with E-state index in [0.29, 0.717) is 27.0 Å². The lowest BCUT2D eigenvalue weighted by Crippen LogP contribution is -2.52. The molecular formula is C21H20Cl2N2O3. The van der Waals surface area contributed by atoms with Crippen molar-refractivity contribution in [1.82, 2.24) is 4.90 Å². The van der Waals surface area contributed by atoms with E-state index in [1.165, 1.54) is 0 Å². The number of hydrogen-bond acceptors (Lipinski definition) is 3. The van der Waals surface area contributed by atoms with E-state index >= 15 is 0 Å². The number of likely N-dealkylation sites (tertiary alicyclic amines) is 1. The Labute approximate surface area is 173 Å². The summed E-state index contributed by atoms with van der Waals surface area (Å²) in [6.07, 6.45) is 2.42. The van der Waals surface area contributed by atoms with Crippen LogP contribution in [0.1, 0.15) is 29.6 Å². The van der Waals surface area contributed by atoms with E-state index in [9.17, 15) is 9.59 Å². The van der Waals surface area contributed by atoms with Crippen LogP contribution in [0.5, 0.6) is 5.75 Å². The summed E-state index contributed by atoms with van der Waals surface area (Å²) in [6, 6.07) is 12.0. The van der Waals surface area contributed by atoms with E-state index in [-0.39, 0.29) is 18.4 Å². The van der Waals surface area contributed by atoms with Gasteiger partial charge in [-0.05, 0) is 49.6 Å². The van der Waals surface area contributed by atoms with E-state index < -0.39 is 6.10 Å². The summed E-state index contributed by atoms with van der Waals surface area (Å²) in [7, 11) is 0. The number of halogens is 2. The Morgan fingerprint density at radius 1 is 0.964 bits per heavy atom. The Bertz CT molecular complexity index is 912. The largest absolute Gasteiger partial charge is 0.476 e. The van der Waals surface area contributed by atoms with Crippen molar-refractivity contribution in [2.24, 2.45) is 0 Å². The Morgan fingerprint density at radius 2 is 1.71 bits per heavy atom. The molecule has 0 saturated carbocycles. The van der Waals surface area contributed by atoms with Gasteiger partial charge in [0.25, 0.3) is 11.8 Å². The SMILES string of the molecule is O=C([C@H]1CN(C(=O)c2ccc(Cl)c(Cl)c2)c2ccccc2O1)N1CCCCC1. The lowest BCUT2D eigenvalue weighted by atomic mass is 10.1. The summed E-state index contributed by atoms with van der Waals surface area (Å²) in [5.74, 6) is 0.212. The fourth-order valence-corrected chi connectivity index (χ4v) is 3.96. The Morgan fingerprint density at radius 3 is 2.46 bits per heavy atom. The van der Waals surface area contributed by atoms with Gasteiger partial charge in [0.1, 0.15) is 5.75 Å². The molecule has 1 saturated heterocycles. The zero-order chi connectivity index (χ0) is 19.7. The van der Waals surface area contributed by atoms with Gasteiger partial charge in [0.2, 0.25) is 0 Å². The number of ether oxygens (including phenoxy) is 1. The normalized spacial score (nSPS) is 19.0. The summed E-state index contributed by atoms with van der Waals surface area (Å²) in [5.41, 5.74) is 1.05. The zero-order valence-electron chi connectivity index (χ0n) is 15.2. The molecule has 1 fully saturated rings.